The molecule has 0 fully saturated rings. The number of benzene rings is 1. The van der Waals surface area contributed by atoms with Gasteiger partial charge in [-0.05, 0) is 18.2 Å². The molecule has 0 amide bonds. The zero-order chi connectivity index (χ0) is 10.7. The van der Waals surface area contributed by atoms with Crippen LogP contribution in [0.5, 0.6) is 0 Å². The Bertz CT molecular complexity index is 392. The van der Waals surface area contributed by atoms with E-state index in [9.17, 15) is 13.4 Å². The zero-order valence-electron chi connectivity index (χ0n) is 7.83. The van der Waals surface area contributed by atoms with Crippen molar-refractivity contribution in [2.75, 3.05) is 18.6 Å². The molecule has 1 unspecified atom stereocenters. The lowest BCUT2D eigenvalue weighted by atomic mass is 10.2. The number of carbonyl (C=O) groups is 1. The van der Waals surface area contributed by atoms with E-state index in [1.165, 1.54) is 24.5 Å². The van der Waals surface area contributed by atoms with E-state index in [1.807, 2.05) is 0 Å². The Morgan fingerprint density at radius 2 is 2.14 bits per heavy atom. The maximum Gasteiger partial charge on any atom is 0.251 e. The van der Waals surface area contributed by atoms with Crippen LogP contribution in [0.15, 0.2) is 18.2 Å². The monoisotopic (exact) mass is 215 g/mol. The fourth-order valence-corrected chi connectivity index (χ4v) is 1.54. The van der Waals surface area contributed by atoms with Gasteiger partial charge in [0.15, 0.2) is 0 Å². The Morgan fingerprint density at radius 1 is 1.50 bits per heavy atom. The lowest BCUT2D eigenvalue weighted by Crippen LogP contribution is -2.09. The summed E-state index contributed by atoms with van der Waals surface area (Å²) < 4.78 is 23.7. The van der Waals surface area contributed by atoms with Crippen LogP contribution in [0.4, 0.5) is 10.1 Å². The van der Waals surface area contributed by atoms with Crippen LogP contribution in [0.2, 0.25) is 0 Å². The molecule has 0 saturated heterocycles. The molecule has 1 atom stereocenters. The molecule has 1 rings (SSSR count). The number of halogens is 1. The SMILES string of the molecule is CNc1cc(F)ccc1C(=O)S(C)=O. The molecular weight excluding hydrogens is 205 g/mol. The highest BCUT2D eigenvalue weighted by Crippen LogP contribution is 2.17. The lowest BCUT2D eigenvalue weighted by Gasteiger charge is -2.06. The van der Waals surface area contributed by atoms with Crippen molar-refractivity contribution in [1.29, 1.82) is 0 Å². The van der Waals surface area contributed by atoms with Crippen molar-refractivity contribution in [3.8, 4) is 0 Å². The second kappa shape index (κ2) is 4.32. The van der Waals surface area contributed by atoms with Gasteiger partial charge in [0.25, 0.3) is 5.12 Å². The molecule has 0 aliphatic rings. The van der Waals surface area contributed by atoms with Crippen molar-refractivity contribution < 1.29 is 13.4 Å². The highest BCUT2D eigenvalue weighted by atomic mass is 32.2. The van der Waals surface area contributed by atoms with Gasteiger partial charge in [-0.15, -0.1) is 0 Å². The van der Waals surface area contributed by atoms with Gasteiger partial charge in [-0.1, -0.05) is 0 Å². The summed E-state index contributed by atoms with van der Waals surface area (Å²) in [5, 5.41) is 2.17. The van der Waals surface area contributed by atoms with Crippen LogP contribution >= 0.6 is 0 Å². The Labute approximate surface area is 83.8 Å². The van der Waals surface area contributed by atoms with Crippen molar-refractivity contribution in [3.63, 3.8) is 0 Å². The first-order chi connectivity index (χ1) is 6.56. The molecule has 0 aliphatic heterocycles. The first-order valence-corrected chi connectivity index (χ1v) is 5.47. The second-order valence-corrected chi connectivity index (χ2v) is 3.96. The van der Waals surface area contributed by atoms with Crippen LogP contribution in [0.1, 0.15) is 10.4 Å². The van der Waals surface area contributed by atoms with Crippen LogP contribution in [0.25, 0.3) is 0 Å². The number of nitrogens with one attached hydrogen (secondary N) is 1. The van der Waals surface area contributed by atoms with Crippen molar-refractivity contribution in [2.24, 2.45) is 0 Å². The van der Waals surface area contributed by atoms with Crippen LogP contribution in [-0.2, 0) is 10.8 Å². The maximum atomic E-state index is 12.8. The van der Waals surface area contributed by atoms with E-state index in [0.29, 0.717) is 5.69 Å². The minimum absolute atomic E-state index is 0.245. The van der Waals surface area contributed by atoms with Crippen molar-refractivity contribution in [2.45, 2.75) is 0 Å². The van der Waals surface area contributed by atoms with Gasteiger partial charge < -0.3 is 5.32 Å². The molecule has 3 nitrogen and oxygen atoms in total. The topological polar surface area (TPSA) is 46.2 Å². The van der Waals surface area contributed by atoms with Gasteiger partial charge >= 0.3 is 0 Å². The minimum Gasteiger partial charge on any atom is -0.387 e. The fourth-order valence-electron chi connectivity index (χ4n) is 1.06. The third-order valence-electron chi connectivity index (χ3n) is 1.73. The predicted octanol–water partition coefficient (Wildman–Crippen LogP) is 1.39. The molecule has 0 aromatic heterocycles. The average molecular weight is 215 g/mol. The van der Waals surface area contributed by atoms with Gasteiger partial charge in [0.2, 0.25) is 0 Å². The molecule has 1 N–H and O–H groups in total. The molecule has 14 heavy (non-hydrogen) atoms. The summed E-state index contributed by atoms with van der Waals surface area (Å²) in [6.07, 6.45) is 1.30. The number of carbonyl (C=O) groups excluding carboxylic acids is 1. The molecule has 0 bridgehead atoms. The van der Waals surface area contributed by atoms with E-state index in [-0.39, 0.29) is 5.56 Å². The summed E-state index contributed by atoms with van der Waals surface area (Å²) in [6.45, 7) is 0. The van der Waals surface area contributed by atoms with E-state index in [0.717, 1.165) is 0 Å². The van der Waals surface area contributed by atoms with Gasteiger partial charge in [0.1, 0.15) is 5.82 Å². The van der Waals surface area contributed by atoms with E-state index < -0.39 is 21.7 Å². The summed E-state index contributed by atoms with van der Waals surface area (Å²) in [5.74, 6) is -0.437. The Morgan fingerprint density at radius 3 is 2.64 bits per heavy atom. The summed E-state index contributed by atoms with van der Waals surface area (Å²) in [7, 11) is -0.00759. The summed E-state index contributed by atoms with van der Waals surface area (Å²) in [5.41, 5.74) is 0.597. The zero-order valence-corrected chi connectivity index (χ0v) is 8.65. The highest BCUT2D eigenvalue weighted by molar-refractivity contribution is 8.00. The van der Waals surface area contributed by atoms with Crippen molar-refractivity contribution in [1.82, 2.24) is 0 Å². The van der Waals surface area contributed by atoms with Crippen LogP contribution in [0, 0.1) is 5.82 Å². The molecule has 0 heterocycles. The number of hydrogen-bond acceptors (Lipinski definition) is 3. The Kier molecular flexibility index (Phi) is 3.35. The molecule has 1 aromatic rings. The molecule has 0 saturated carbocycles. The van der Waals surface area contributed by atoms with Gasteiger partial charge in [-0.2, -0.15) is 0 Å². The van der Waals surface area contributed by atoms with Crippen LogP contribution in [-0.4, -0.2) is 22.6 Å². The van der Waals surface area contributed by atoms with Gasteiger partial charge in [-0.25, -0.2) is 4.39 Å². The molecule has 1 aromatic carbocycles. The van der Waals surface area contributed by atoms with Gasteiger partial charge in [0, 0.05) is 19.0 Å². The molecule has 0 aliphatic carbocycles. The number of anilines is 1. The first kappa shape index (κ1) is 10.8. The minimum atomic E-state index is -1.58. The fraction of sp³-hybridized carbons (Fsp3) is 0.222. The molecule has 0 spiro atoms. The summed E-state index contributed by atoms with van der Waals surface area (Å²) in [4.78, 5) is 11.4. The predicted molar refractivity (Wildman–Crippen MR) is 54.3 cm³/mol. The third-order valence-corrected chi connectivity index (χ3v) is 2.47. The van der Waals surface area contributed by atoms with E-state index in [4.69, 9.17) is 0 Å². The van der Waals surface area contributed by atoms with E-state index in [1.54, 1.807) is 7.05 Å². The van der Waals surface area contributed by atoms with Crippen LogP contribution < -0.4 is 5.32 Å². The third kappa shape index (κ3) is 2.17. The standard InChI is InChI=1S/C9H10FNO2S/c1-11-8-5-6(10)3-4-7(8)9(12)14(2)13/h3-5,11H,1-2H3. The molecule has 5 heteroatoms. The molecular formula is C9H10FNO2S. The average Bonchev–Trinajstić information content (AvgIpc) is 2.16. The molecule has 0 radical (unpaired) electrons. The lowest BCUT2D eigenvalue weighted by molar-refractivity contribution is 0.108. The highest BCUT2D eigenvalue weighted by Gasteiger charge is 2.14. The van der Waals surface area contributed by atoms with Gasteiger partial charge in [-0.3, -0.25) is 9.00 Å². The maximum absolute atomic E-state index is 12.8. The quantitative estimate of drug-likeness (QED) is 0.810. The Balaban J connectivity index is 3.20. The smallest absolute Gasteiger partial charge is 0.251 e. The largest absolute Gasteiger partial charge is 0.387 e. The van der Waals surface area contributed by atoms with Crippen LogP contribution in [0.3, 0.4) is 0 Å². The van der Waals surface area contributed by atoms with E-state index >= 15 is 0 Å². The number of rotatable bonds is 2. The number of hydrogen-bond donors (Lipinski definition) is 1. The first-order valence-electron chi connectivity index (χ1n) is 3.91. The van der Waals surface area contributed by atoms with Crippen molar-refractivity contribution >= 4 is 21.6 Å². The van der Waals surface area contributed by atoms with E-state index in [2.05, 4.69) is 5.32 Å². The second-order valence-electron chi connectivity index (χ2n) is 2.68. The summed E-state index contributed by atoms with van der Waals surface area (Å²) >= 11 is 0. The summed E-state index contributed by atoms with van der Waals surface area (Å²) in [6, 6.07) is 3.69. The van der Waals surface area contributed by atoms with Gasteiger partial charge in [0.05, 0.1) is 16.4 Å². The van der Waals surface area contributed by atoms with Crippen molar-refractivity contribution in [3.05, 3.63) is 29.6 Å². The Hall–Kier alpha value is -1.23. The molecule has 76 valence electrons. The normalized spacial score (nSPS) is 12.2.